The molecule has 2 heteroatoms. The average molecular weight is 483 g/mol. The predicted molar refractivity (Wildman–Crippen MR) is 147 cm³/mol. The maximum atomic E-state index is 14.6. The van der Waals surface area contributed by atoms with E-state index in [4.69, 9.17) is 0 Å². The van der Waals surface area contributed by atoms with Crippen LogP contribution < -0.4 is 0 Å². The van der Waals surface area contributed by atoms with Crippen LogP contribution >= 0.6 is 0 Å². The lowest BCUT2D eigenvalue weighted by Gasteiger charge is -2.04. The van der Waals surface area contributed by atoms with Crippen LogP contribution in [0.2, 0.25) is 0 Å². The van der Waals surface area contributed by atoms with Gasteiger partial charge in [-0.1, -0.05) is 94.3 Å². The summed E-state index contributed by atoms with van der Waals surface area (Å²) in [5.41, 5.74) is 4.36. The van der Waals surface area contributed by atoms with Gasteiger partial charge in [0, 0.05) is 16.7 Å². The predicted octanol–water partition coefficient (Wildman–Crippen LogP) is 9.01. The zero-order valence-corrected chi connectivity index (χ0v) is 21.6. The molecule has 0 aliphatic rings. The molecule has 0 bridgehead atoms. The fourth-order valence-corrected chi connectivity index (χ4v) is 4.06. The highest BCUT2D eigenvalue weighted by atomic mass is 19.1. The van der Waals surface area contributed by atoms with Crippen molar-refractivity contribution in [2.75, 3.05) is 0 Å². The molecule has 0 atom stereocenters. The molecule has 0 radical (unpaired) electrons. The van der Waals surface area contributed by atoms with Gasteiger partial charge < -0.3 is 0 Å². The van der Waals surface area contributed by atoms with Crippen LogP contribution in [0.4, 0.5) is 8.78 Å². The van der Waals surface area contributed by atoms with E-state index in [0.717, 1.165) is 36.8 Å². The number of halogens is 2. The Kier molecular flexibility index (Phi) is 11.3. The van der Waals surface area contributed by atoms with E-state index in [2.05, 4.69) is 49.7 Å². The second-order valence-electron chi connectivity index (χ2n) is 9.32. The van der Waals surface area contributed by atoms with Gasteiger partial charge in [-0.3, -0.25) is 0 Å². The highest BCUT2D eigenvalue weighted by Gasteiger charge is 2.04. The summed E-state index contributed by atoms with van der Waals surface area (Å²) in [7, 11) is 0. The topological polar surface area (TPSA) is 0 Å². The molecule has 0 nitrogen and oxygen atoms in total. The number of hydrogen-bond donors (Lipinski definition) is 0. The molecule has 0 unspecified atom stereocenters. The smallest absolute Gasteiger partial charge is 0.140 e. The fourth-order valence-electron chi connectivity index (χ4n) is 4.06. The van der Waals surface area contributed by atoms with Gasteiger partial charge in [0.05, 0.1) is 5.56 Å². The summed E-state index contributed by atoms with van der Waals surface area (Å²) >= 11 is 0. The minimum absolute atomic E-state index is 0.219. The van der Waals surface area contributed by atoms with E-state index in [-0.39, 0.29) is 5.82 Å². The zero-order valence-electron chi connectivity index (χ0n) is 21.6. The van der Waals surface area contributed by atoms with Gasteiger partial charge in [-0.05, 0) is 79.3 Å². The molecule has 0 heterocycles. The number of hydrogen-bond acceptors (Lipinski definition) is 0. The Morgan fingerprint density at radius 3 is 1.75 bits per heavy atom. The summed E-state index contributed by atoms with van der Waals surface area (Å²) in [4.78, 5) is 0. The lowest BCUT2D eigenvalue weighted by Crippen LogP contribution is -1.92. The SMILES string of the molecule is CCCCCCCc1ccc(C#Cc2ccc(C#Cc3ccc(CCCCC)cc3)c(F)c2)cc1F. The highest BCUT2D eigenvalue weighted by Crippen LogP contribution is 2.15. The summed E-state index contributed by atoms with van der Waals surface area (Å²) < 4.78 is 29.0. The molecule has 0 saturated heterocycles. The van der Waals surface area contributed by atoms with E-state index < -0.39 is 5.82 Å². The largest absolute Gasteiger partial charge is 0.207 e. The molecule has 0 aliphatic carbocycles. The van der Waals surface area contributed by atoms with E-state index in [1.807, 2.05) is 24.3 Å². The first kappa shape index (κ1) is 27.2. The number of unbranched alkanes of at least 4 members (excludes halogenated alkanes) is 6. The standard InChI is InChI=1S/C34H36F2/c1-3-5-7-8-10-12-31-23-20-29(25-33(31)35)17-18-30-21-24-32(34(36)26-30)22-19-28-15-13-27(14-16-28)11-9-6-4-2/h13-16,20-21,23-26H,3-12H2,1-2H3. The molecule has 0 aliphatic heterocycles. The summed E-state index contributed by atoms with van der Waals surface area (Å²) in [6.45, 7) is 4.39. The van der Waals surface area contributed by atoms with E-state index in [0.29, 0.717) is 16.7 Å². The van der Waals surface area contributed by atoms with Crippen molar-refractivity contribution in [1.29, 1.82) is 0 Å². The van der Waals surface area contributed by atoms with Crippen molar-refractivity contribution in [3.8, 4) is 23.7 Å². The van der Waals surface area contributed by atoms with Crippen molar-refractivity contribution < 1.29 is 8.78 Å². The minimum atomic E-state index is -0.407. The molecule has 186 valence electrons. The van der Waals surface area contributed by atoms with Gasteiger partial charge in [-0.25, -0.2) is 8.78 Å². The molecule has 36 heavy (non-hydrogen) atoms. The number of rotatable bonds is 10. The van der Waals surface area contributed by atoms with E-state index in [1.54, 1.807) is 12.1 Å². The number of aryl methyl sites for hydroxylation is 2. The Labute approximate surface area is 216 Å². The van der Waals surface area contributed by atoms with Gasteiger partial charge in [0.2, 0.25) is 0 Å². The van der Waals surface area contributed by atoms with Gasteiger partial charge in [0.25, 0.3) is 0 Å². The molecule has 0 amide bonds. The van der Waals surface area contributed by atoms with Gasteiger partial charge in [0.15, 0.2) is 0 Å². The van der Waals surface area contributed by atoms with Crippen LogP contribution in [0.5, 0.6) is 0 Å². The van der Waals surface area contributed by atoms with Crippen LogP contribution in [0, 0.1) is 35.3 Å². The third-order valence-electron chi connectivity index (χ3n) is 6.29. The summed E-state index contributed by atoms with van der Waals surface area (Å²) in [5.74, 6) is 11.2. The maximum absolute atomic E-state index is 14.6. The van der Waals surface area contributed by atoms with Crippen molar-refractivity contribution in [3.63, 3.8) is 0 Å². The van der Waals surface area contributed by atoms with Crippen molar-refractivity contribution >= 4 is 0 Å². The second-order valence-corrected chi connectivity index (χ2v) is 9.32. The molecular weight excluding hydrogens is 446 g/mol. The first-order valence-corrected chi connectivity index (χ1v) is 13.3. The molecule has 0 N–H and O–H groups in total. The van der Waals surface area contributed by atoms with E-state index >= 15 is 0 Å². The Hall–Kier alpha value is -3.36. The summed E-state index contributed by atoms with van der Waals surface area (Å²) in [5, 5.41) is 0. The maximum Gasteiger partial charge on any atom is 0.140 e. The Bertz CT molecular complexity index is 1230. The molecule has 0 saturated carbocycles. The zero-order chi connectivity index (χ0) is 25.6. The summed E-state index contributed by atoms with van der Waals surface area (Å²) in [6.07, 6.45) is 11.2. The average Bonchev–Trinajstić information content (AvgIpc) is 2.89. The molecule has 0 spiro atoms. The van der Waals surface area contributed by atoms with Crippen LogP contribution in [-0.2, 0) is 12.8 Å². The van der Waals surface area contributed by atoms with Crippen LogP contribution in [-0.4, -0.2) is 0 Å². The number of benzene rings is 3. The first-order valence-electron chi connectivity index (χ1n) is 13.3. The quantitative estimate of drug-likeness (QED) is 0.200. The van der Waals surface area contributed by atoms with Crippen molar-refractivity contribution in [3.05, 3.63) is 106 Å². The molecule has 0 aromatic heterocycles. The third kappa shape index (κ3) is 9.02. The third-order valence-corrected chi connectivity index (χ3v) is 6.29. The Morgan fingerprint density at radius 1 is 0.528 bits per heavy atom. The van der Waals surface area contributed by atoms with Gasteiger partial charge in [0.1, 0.15) is 11.6 Å². The van der Waals surface area contributed by atoms with Gasteiger partial charge in [-0.2, -0.15) is 0 Å². The van der Waals surface area contributed by atoms with Gasteiger partial charge in [-0.15, -0.1) is 0 Å². The Balaban J connectivity index is 1.60. The first-order chi connectivity index (χ1) is 17.6. The van der Waals surface area contributed by atoms with Crippen molar-refractivity contribution in [2.24, 2.45) is 0 Å². The fraction of sp³-hybridized carbons (Fsp3) is 0.353. The lowest BCUT2D eigenvalue weighted by molar-refractivity contribution is 0.587. The monoisotopic (exact) mass is 482 g/mol. The van der Waals surface area contributed by atoms with Crippen molar-refractivity contribution in [1.82, 2.24) is 0 Å². The van der Waals surface area contributed by atoms with Crippen LogP contribution in [0.3, 0.4) is 0 Å². The second kappa shape index (κ2) is 14.9. The summed E-state index contributed by atoms with van der Waals surface area (Å²) in [6, 6.07) is 18.1. The lowest BCUT2D eigenvalue weighted by atomic mass is 10.0. The van der Waals surface area contributed by atoms with Crippen LogP contribution in [0.25, 0.3) is 0 Å². The molecule has 3 rings (SSSR count). The molecule has 3 aromatic rings. The Morgan fingerprint density at radius 2 is 1.08 bits per heavy atom. The van der Waals surface area contributed by atoms with E-state index in [9.17, 15) is 8.78 Å². The highest BCUT2D eigenvalue weighted by molar-refractivity contribution is 5.49. The van der Waals surface area contributed by atoms with E-state index in [1.165, 1.54) is 56.2 Å². The van der Waals surface area contributed by atoms with Gasteiger partial charge >= 0.3 is 0 Å². The van der Waals surface area contributed by atoms with Crippen LogP contribution in [0.1, 0.15) is 98.6 Å². The molecule has 3 aromatic carbocycles. The van der Waals surface area contributed by atoms with Crippen molar-refractivity contribution in [2.45, 2.75) is 78.1 Å². The normalized spacial score (nSPS) is 10.3. The van der Waals surface area contributed by atoms with Crippen LogP contribution in [0.15, 0.2) is 60.7 Å². The molecule has 0 fully saturated rings. The molecular formula is C34H36F2. The minimum Gasteiger partial charge on any atom is -0.207 e.